The second kappa shape index (κ2) is 13.6. The summed E-state index contributed by atoms with van der Waals surface area (Å²) in [6.07, 6.45) is 1.01. The summed E-state index contributed by atoms with van der Waals surface area (Å²) in [7, 11) is -4.26. The van der Waals surface area contributed by atoms with E-state index in [4.69, 9.17) is 11.6 Å². The zero-order valence-corrected chi connectivity index (χ0v) is 23.8. The summed E-state index contributed by atoms with van der Waals surface area (Å²) in [6.45, 7) is 5.03. The fourth-order valence-corrected chi connectivity index (χ4v) is 5.64. The van der Waals surface area contributed by atoms with Crippen LogP contribution in [0, 0.1) is 5.82 Å². The molecule has 1 N–H and O–H groups in total. The van der Waals surface area contributed by atoms with Gasteiger partial charge in [0.1, 0.15) is 18.4 Å². The Morgan fingerprint density at radius 1 is 0.923 bits per heavy atom. The monoisotopic (exact) mass is 573 g/mol. The molecule has 0 bridgehead atoms. The van der Waals surface area contributed by atoms with Crippen molar-refractivity contribution in [3.63, 3.8) is 0 Å². The van der Waals surface area contributed by atoms with Crippen LogP contribution in [0.25, 0.3) is 0 Å². The minimum atomic E-state index is -4.26. The highest BCUT2D eigenvalue weighted by atomic mass is 35.5. The van der Waals surface area contributed by atoms with Gasteiger partial charge in [-0.1, -0.05) is 61.8 Å². The quantitative estimate of drug-likeness (QED) is 0.314. The Morgan fingerprint density at radius 3 is 2.13 bits per heavy atom. The van der Waals surface area contributed by atoms with E-state index in [2.05, 4.69) is 5.32 Å². The Kier molecular flexibility index (Phi) is 10.5. The van der Waals surface area contributed by atoms with Crippen molar-refractivity contribution in [1.29, 1.82) is 0 Å². The first kappa shape index (κ1) is 30.1. The van der Waals surface area contributed by atoms with E-state index >= 15 is 0 Å². The van der Waals surface area contributed by atoms with E-state index in [1.54, 1.807) is 61.5 Å². The van der Waals surface area contributed by atoms with Crippen LogP contribution in [0.2, 0.25) is 5.02 Å². The van der Waals surface area contributed by atoms with Gasteiger partial charge in [-0.05, 0) is 67.8 Å². The standard InChI is InChI=1S/C29H33ClFN3O4S/c1-4-21(3)32-29(36)27(5-2)33(19-22-11-9-10-14-26(22)30)28(35)20-34(24-12-7-6-8-13-24)39(37,38)25-17-15-23(31)16-18-25/h6-18,21,27H,4-5,19-20H2,1-3H3,(H,32,36)/t21-,27-/m1/s1. The van der Waals surface area contributed by atoms with Crippen molar-refractivity contribution in [3.8, 4) is 0 Å². The first-order valence-corrected chi connectivity index (χ1v) is 14.6. The third kappa shape index (κ3) is 7.58. The summed E-state index contributed by atoms with van der Waals surface area (Å²) in [5, 5.41) is 3.35. The third-order valence-electron chi connectivity index (χ3n) is 6.41. The maximum atomic E-state index is 14.0. The van der Waals surface area contributed by atoms with Crippen LogP contribution in [-0.2, 0) is 26.2 Å². The smallest absolute Gasteiger partial charge is 0.264 e. The Morgan fingerprint density at radius 2 is 1.54 bits per heavy atom. The summed E-state index contributed by atoms with van der Waals surface area (Å²) in [5.41, 5.74) is 0.875. The number of rotatable bonds is 12. The number of benzene rings is 3. The molecular formula is C29H33ClFN3O4S. The largest absolute Gasteiger partial charge is 0.352 e. The number of amides is 2. The van der Waals surface area contributed by atoms with Crippen molar-refractivity contribution in [1.82, 2.24) is 10.2 Å². The zero-order valence-electron chi connectivity index (χ0n) is 22.2. The molecule has 0 unspecified atom stereocenters. The van der Waals surface area contributed by atoms with Crippen LogP contribution in [0.5, 0.6) is 0 Å². The SMILES string of the molecule is CC[C@@H](C)NC(=O)[C@@H](CC)N(Cc1ccccc1Cl)C(=O)CN(c1ccccc1)S(=O)(=O)c1ccc(F)cc1. The molecule has 0 aliphatic rings. The van der Waals surface area contributed by atoms with Crippen molar-refractivity contribution >= 4 is 39.1 Å². The van der Waals surface area contributed by atoms with E-state index in [-0.39, 0.29) is 29.1 Å². The highest BCUT2D eigenvalue weighted by Gasteiger charge is 2.34. The Balaban J connectivity index is 2.04. The molecule has 3 aromatic rings. The molecule has 0 aliphatic heterocycles. The number of anilines is 1. The maximum absolute atomic E-state index is 14.0. The van der Waals surface area contributed by atoms with Crippen LogP contribution >= 0.6 is 11.6 Å². The molecule has 39 heavy (non-hydrogen) atoms. The summed E-state index contributed by atoms with van der Waals surface area (Å²) < 4.78 is 41.9. The molecule has 0 radical (unpaired) electrons. The highest BCUT2D eigenvalue weighted by molar-refractivity contribution is 7.92. The van der Waals surface area contributed by atoms with Gasteiger partial charge in [-0.15, -0.1) is 0 Å². The van der Waals surface area contributed by atoms with Gasteiger partial charge < -0.3 is 10.2 Å². The van der Waals surface area contributed by atoms with E-state index < -0.39 is 34.3 Å². The molecule has 0 heterocycles. The number of carbonyl (C=O) groups is 2. The Labute approximate surface area is 234 Å². The maximum Gasteiger partial charge on any atom is 0.264 e. The highest BCUT2D eigenvalue weighted by Crippen LogP contribution is 2.26. The molecule has 0 saturated heterocycles. The first-order valence-electron chi connectivity index (χ1n) is 12.7. The molecule has 3 rings (SSSR count). The number of para-hydroxylation sites is 1. The fourth-order valence-electron chi connectivity index (χ4n) is 4.03. The van der Waals surface area contributed by atoms with Gasteiger partial charge in [0, 0.05) is 17.6 Å². The molecule has 2 atom stereocenters. The van der Waals surface area contributed by atoms with Gasteiger partial charge in [0.25, 0.3) is 10.0 Å². The van der Waals surface area contributed by atoms with Gasteiger partial charge in [-0.2, -0.15) is 0 Å². The van der Waals surface area contributed by atoms with E-state index in [0.29, 0.717) is 23.4 Å². The van der Waals surface area contributed by atoms with Gasteiger partial charge in [0.05, 0.1) is 10.6 Å². The summed E-state index contributed by atoms with van der Waals surface area (Å²) in [5.74, 6) is -1.50. The zero-order chi connectivity index (χ0) is 28.6. The average molecular weight is 574 g/mol. The molecule has 7 nitrogen and oxygen atoms in total. The lowest BCUT2D eigenvalue weighted by molar-refractivity contribution is -0.140. The van der Waals surface area contributed by atoms with Crippen LogP contribution in [0.1, 0.15) is 39.2 Å². The van der Waals surface area contributed by atoms with Crippen molar-refractivity contribution in [2.75, 3.05) is 10.8 Å². The minimum Gasteiger partial charge on any atom is -0.352 e. The predicted molar refractivity (Wildman–Crippen MR) is 151 cm³/mol. The molecule has 0 fully saturated rings. The lowest BCUT2D eigenvalue weighted by Gasteiger charge is -2.34. The Hall–Kier alpha value is -3.43. The molecule has 0 saturated carbocycles. The summed E-state index contributed by atoms with van der Waals surface area (Å²) in [6, 6.07) is 18.6. The van der Waals surface area contributed by atoms with Crippen LogP contribution in [0.4, 0.5) is 10.1 Å². The average Bonchev–Trinajstić information content (AvgIpc) is 2.93. The number of hydrogen-bond acceptors (Lipinski definition) is 4. The normalized spacial score (nSPS) is 12.8. The van der Waals surface area contributed by atoms with Crippen LogP contribution in [0.3, 0.4) is 0 Å². The van der Waals surface area contributed by atoms with Crippen LogP contribution in [0.15, 0.2) is 83.8 Å². The van der Waals surface area contributed by atoms with Gasteiger partial charge in [-0.25, -0.2) is 12.8 Å². The minimum absolute atomic E-state index is 0.00413. The second-order valence-corrected chi connectivity index (χ2v) is 11.4. The van der Waals surface area contributed by atoms with Gasteiger partial charge >= 0.3 is 0 Å². The third-order valence-corrected chi connectivity index (χ3v) is 8.57. The van der Waals surface area contributed by atoms with Gasteiger partial charge in [0.2, 0.25) is 11.8 Å². The van der Waals surface area contributed by atoms with Crippen molar-refractivity contribution in [2.45, 2.75) is 57.1 Å². The lowest BCUT2D eigenvalue weighted by atomic mass is 10.1. The van der Waals surface area contributed by atoms with E-state index in [1.165, 1.54) is 4.90 Å². The van der Waals surface area contributed by atoms with Gasteiger partial charge in [-0.3, -0.25) is 13.9 Å². The summed E-state index contributed by atoms with van der Waals surface area (Å²) in [4.78, 5) is 28.4. The topological polar surface area (TPSA) is 86.8 Å². The molecule has 10 heteroatoms. The molecule has 0 spiro atoms. The number of nitrogens with one attached hydrogen (secondary N) is 1. The van der Waals surface area contributed by atoms with Crippen molar-refractivity contribution < 1.29 is 22.4 Å². The molecule has 3 aromatic carbocycles. The lowest BCUT2D eigenvalue weighted by Crippen LogP contribution is -2.53. The van der Waals surface area contributed by atoms with E-state index in [0.717, 1.165) is 28.6 Å². The molecule has 0 aliphatic carbocycles. The predicted octanol–water partition coefficient (Wildman–Crippen LogP) is 5.40. The van der Waals surface area contributed by atoms with E-state index in [9.17, 15) is 22.4 Å². The second-order valence-electron chi connectivity index (χ2n) is 9.16. The number of halogens is 2. The Bertz CT molecular complexity index is 1370. The number of nitrogens with zero attached hydrogens (tertiary/aromatic N) is 2. The van der Waals surface area contributed by atoms with Crippen molar-refractivity contribution in [3.05, 3.63) is 95.3 Å². The van der Waals surface area contributed by atoms with Gasteiger partial charge in [0.15, 0.2) is 0 Å². The molecule has 2 amide bonds. The van der Waals surface area contributed by atoms with E-state index in [1.807, 2.05) is 13.8 Å². The molecule has 0 aromatic heterocycles. The number of carbonyl (C=O) groups excluding carboxylic acids is 2. The van der Waals surface area contributed by atoms with Crippen LogP contribution in [-0.4, -0.2) is 43.8 Å². The molecular weight excluding hydrogens is 541 g/mol. The summed E-state index contributed by atoms with van der Waals surface area (Å²) >= 11 is 6.40. The van der Waals surface area contributed by atoms with Crippen molar-refractivity contribution in [2.24, 2.45) is 0 Å². The number of sulfonamides is 1. The van der Waals surface area contributed by atoms with Crippen LogP contribution < -0.4 is 9.62 Å². The molecule has 208 valence electrons. The number of hydrogen-bond donors (Lipinski definition) is 1. The first-order chi connectivity index (χ1) is 18.6. The fraction of sp³-hybridized carbons (Fsp3) is 0.310.